The standard InChI is InChI=1S/C9H6O2S/c10-7-3-4-8(11)9-6(7)2-1-5-12-9/h1,3-5H,2H2. The first kappa shape index (κ1) is 7.55. The predicted molar refractivity (Wildman–Crippen MR) is 47.5 cm³/mol. The molecule has 0 bridgehead atoms. The number of hydrogen-bond acceptors (Lipinski definition) is 3. The van der Waals surface area contributed by atoms with E-state index in [4.69, 9.17) is 0 Å². The van der Waals surface area contributed by atoms with Crippen LogP contribution in [0.3, 0.4) is 0 Å². The Labute approximate surface area is 74.0 Å². The second-order valence-electron chi connectivity index (χ2n) is 2.56. The van der Waals surface area contributed by atoms with E-state index in [1.165, 1.54) is 23.9 Å². The van der Waals surface area contributed by atoms with E-state index < -0.39 is 0 Å². The van der Waals surface area contributed by atoms with Gasteiger partial charge in [0.1, 0.15) is 0 Å². The molecule has 12 heavy (non-hydrogen) atoms. The largest absolute Gasteiger partial charge is 0.290 e. The fraction of sp³-hybridized carbons (Fsp3) is 0.111. The van der Waals surface area contributed by atoms with Crippen molar-refractivity contribution in [3.63, 3.8) is 0 Å². The van der Waals surface area contributed by atoms with Crippen molar-refractivity contribution in [2.75, 3.05) is 0 Å². The minimum Gasteiger partial charge on any atom is -0.290 e. The first-order valence-corrected chi connectivity index (χ1v) is 4.48. The maximum absolute atomic E-state index is 11.2. The fourth-order valence-electron chi connectivity index (χ4n) is 1.19. The fourth-order valence-corrected chi connectivity index (χ4v) is 2.03. The van der Waals surface area contributed by atoms with E-state index in [9.17, 15) is 9.59 Å². The Morgan fingerprint density at radius 3 is 2.67 bits per heavy atom. The van der Waals surface area contributed by atoms with Crippen molar-refractivity contribution >= 4 is 23.3 Å². The predicted octanol–water partition coefficient (Wildman–Crippen LogP) is 1.60. The number of thioether (sulfide) groups is 1. The molecule has 1 heterocycles. The highest BCUT2D eigenvalue weighted by molar-refractivity contribution is 8.06. The molecule has 0 amide bonds. The van der Waals surface area contributed by atoms with Gasteiger partial charge in [-0.25, -0.2) is 0 Å². The van der Waals surface area contributed by atoms with Crippen molar-refractivity contribution in [2.45, 2.75) is 6.42 Å². The third kappa shape index (κ3) is 1.06. The zero-order valence-corrected chi connectivity index (χ0v) is 7.06. The summed E-state index contributed by atoms with van der Waals surface area (Å²) in [6, 6.07) is 0. The van der Waals surface area contributed by atoms with Crippen molar-refractivity contribution in [3.05, 3.63) is 34.1 Å². The summed E-state index contributed by atoms with van der Waals surface area (Å²) in [5.41, 5.74) is 0.648. The Morgan fingerprint density at radius 2 is 1.92 bits per heavy atom. The summed E-state index contributed by atoms with van der Waals surface area (Å²) in [4.78, 5) is 23.1. The molecule has 0 aromatic carbocycles. The Balaban J connectivity index is 2.45. The minimum absolute atomic E-state index is 0.0264. The molecule has 1 aliphatic heterocycles. The molecular weight excluding hydrogens is 172 g/mol. The lowest BCUT2D eigenvalue weighted by atomic mass is 10.0. The third-order valence-electron chi connectivity index (χ3n) is 1.79. The number of rotatable bonds is 0. The molecule has 0 spiro atoms. The van der Waals surface area contributed by atoms with Crippen LogP contribution < -0.4 is 0 Å². The third-order valence-corrected chi connectivity index (χ3v) is 2.80. The zero-order valence-electron chi connectivity index (χ0n) is 6.24. The molecule has 2 rings (SSSR count). The Kier molecular flexibility index (Phi) is 1.73. The Morgan fingerprint density at radius 1 is 1.17 bits per heavy atom. The van der Waals surface area contributed by atoms with E-state index in [0.717, 1.165) is 0 Å². The Bertz CT molecular complexity index is 316. The molecule has 2 aliphatic rings. The van der Waals surface area contributed by atoms with Gasteiger partial charge in [-0.3, -0.25) is 9.59 Å². The first-order valence-electron chi connectivity index (χ1n) is 3.60. The molecule has 0 aromatic heterocycles. The van der Waals surface area contributed by atoms with Crippen LogP contribution >= 0.6 is 11.8 Å². The van der Waals surface area contributed by atoms with Crippen molar-refractivity contribution in [3.8, 4) is 0 Å². The van der Waals surface area contributed by atoms with E-state index in [1.54, 1.807) is 0 Å². The normalized spacial score (nSPS) is 21.7. The van der Waals surface area contributed by atoms with Gasteiger partial charge in [-0.05, 0) is 24.0 Å². The highest BCUT2D eigenvalue weighted by Gasteiger charge is 2.23. The van der Waals surface area contributed by atoms with Gasteiger partial charge in [0.05, 0.1) is 4.91 Å². The smallest absolute Gasteiger partial charge is 0.193 e. The molecule has 0 saturated heterocycles. The summed E-state index contributed by atoms with van der Waals surface area (Å²) in [6.07, 6.45) is 5.18. The molecule has 0 saturated carbocycles. The van der Waals surface area contributed by atoms with Crippen molar-refractivity contribution < 1.29 is 9.59 Å². The van der Waals surface area contributed by atoms with Gasteiger partial charge >= 0.3 is 0 Å². The molecule has 0 radical (unpaired) electrons. The van der Waals surface area contributed by atoms with Gasteiger partial charge in [0.25, 0.3) is 0 Å². The van der Waals surface area contributed by atoms with Gasteiger partial charge in [-0.2, -0.15) is 0 Å². The van der Waals surface area contributed by atoms with Crippen LogP contribution in [0.15, 0.2) is 34.1 Å². The van der Waals surface area contributed by atoms with Gasteiger partial charge in [0.2, 0.25) is 0 Å². The molecular formula is C9H6O2S. The number of ketones is 2. The van der Waals surface area contributed by atoms with Crippen molar-refractivity contribution in [2.24, 2.45) is 0 Å². The number of carbonyl (C=O) groups is 2. The zero-order chi connectivity index (χ0) is 8.55. The van der Waals surface area contributed by atoms with Crippen LogP contribution in [-0.2, 0) is 9.59 Å². The quantitative estimate of drug-likeness (QED) is 0.528. The van der Waals surface area contributed by atoms with Gasteiger partial charge < -0.3 is 0 Å². The van der Waals surface area contributed by atoms with Gasteiger partial charge in [0.15, 0.2) is 11.6 Å². The number of allylic oxidation sites excluding steroid dienone is 5. The molecule has 0 N–H and O–H groups in total. The molecule has 60 valence electrons. The summed E-state index contributed by atoms with van der Waals surface area (Å²) in [6.45, 7) is 0. The van der Waals surface area contributed by atoms with Crippen LogP contribution in [0.5, 0.6) is 0 Å². The summed E-state index contributed by atoms with van der Waals surface area (Å²) in [5, 5.41) is 1.85. The summed E-state index contributed by atoms with van der Waals surface area (Å²) in [7, 11) is 0. The van der Waals surface area contributed by atoms with E-state index in [-0.39, 0.29) is 11.6 Å². The lowest BCUT2D eigenvalue weighted by Crippen LogP contribution is -2.13. The SMILES string of the molecule is O=C1C=CC(=O)C2=C1CC=CS2. The van der Waals surface area contributed by atoms with Crippen LogP contribution in [0.2, 0.25) is 0 Å². The van der Waals surface area contributed by atoms with Gasteiger partial charge in [-0.1, -0.05) is 17.8 Å². The highest BCUT2D eigenvalue weighted by atomic mass is 32.2. The van der Waals surface area contributed by atoms with E-state index in [2.05, 4.69) is 0 Å². The topological polar surface area (TPSA) is 34.1 Å². The maximum atomic E-state index is 11.2. The van der Waals surface area contributed by atoms with Crippen LogP contribution in [0, 0.1) is 0 Å². The summed E-state index contributed by atoms with van der Waals surface area (Å²) in [5.74, 6) is -0.0691. The summed E-state index contributed by atoms with van der Waals surface area (Å²) >= 11 is 1.34. The molecule has 0 aromatic rings. The first-order chi connectivity index (χ1) is 5.79. The van der Waals surface area contributed by atoms with E-state index in [0.29, 0.717) is 16.9 Å². The molecule has 0 fully saturated rings. The Hall–Kier alpha value is -1.09. The van der Waals surface area contributed by atoms with Crippen LogP contribution in [0.4, 0.5) is 0 Å². The monoisotopic (exact) mass is 178 g/mol. The van der Waals surface area contributed by atoms with Gasteiger partial charge in [0, 0.05) is 5.57 Å². The van der Waals surface area contributed by atoms with Crippen LogP contribution in [0.1, 0.15) is 6.42 Å². The molecule has 2 nitrogen and oxygen atoms in total. The highest BCUT2D eigenvalue weighted by Crippen LogP contribution is 2.32. The van der Waals surface area contributed by atoms with E-state index in [1.807, 2.05) is 11.5 Å². The lowest BCUT2D eigenvalue weighted by Gasteiger charge is -2.14. The summed E-state index contributed by atoms with van der Waals surface area (Å²) < 4.78 is 0. The molecule has 0 atom stereocenters. The maximum Gasteiger partial charge on any atom is 0.193 e. The number of hydrogen-bond donors (Lipinski definition) is 0. The van der Waals surface area contributed by atoms with Crippen molar-refractivity contribution in [1.29, 1.82) is 0 Å². The average Bonchev–Trinajstić information content (AvgIpc) is 2.12. The van der Waals surface area contributed by atoms with Crippen LogP contribution in [0.25, 0.3) is 0 Å². The van der Waals surface area contributed by atoms with Gasteiger partial charge in [-0.15, -0.1) is 0 Å². The second kappa shape index (κ2) is 2.75. The second-order valence-corrected chi connectivity index (χ2v) is 3.48. The lowest BCUT2D eigenvalue weighted by molar-refractivity contribution is -0.114. The molecule has 0 unspecified atom stereocenters. The van der Waals surface area contributed by atoms with Crippen LogP contribution in [-0.4, -0.2) is 11.6 Å². The molecule has 1 aliphatic carbocycles. The number of carbonyl (C=O) groups excluding carboxylic acids is 2. The molecule has 3 heteroatoms. The average molecular weight is 178 g/mol. The van der Waals surface area contributed by atoms with Crippen molar-refractivity contribution in [1.82, 2.24) is 0 Å². The minimum atomic E-state index is -0.0426. The van der Waals surface area contributed by atoms with E-state index >= 15 is 0 Å².